The highest BCUT2D eigenvalue weighted by Gasteiger charge is 2.65. The Morgan fingerprint density at radius 3 is 2.41 bits per heavy atom. The van der Waals surface area contributed by atoms with Crippen molar-refractivity contribution in [3.05, 3.63) is 29.6 Å². The van der Waals surface area contributed by atoms with E-state index >= 15 is 0 Å². The lowest BCUT2D eigenvalue weighted by atomic mass is 10.0. The van der Waals surface area contributed by atoms with Crippen LogP contribution in [0.25, 0.3) is 0 Å². The Morgan fingerprint density at radius 2 is 2.06 bits per heavy atom. The minimum atomic E-state index is -4.30. The molecule has 0 spiro atoms. The van der Waals surface area contributed by atoms with Crippen LogP contribution in [0.4, 0.5) is 13.2 Å². The van der Waals surface area contributed by atoms with E-state index in [1.807, 2.05) is 0 Å². The first-order chi connectivity index (χ1) is 7.90. The lowest BCUT2D eigenvalue weighted by molar-refractivity contribution is -0.161. The van der Waals surface area contributed by atoms with Crippen LogP contribution in [0.5, 0.6) is 0 Å². The van der Waals surface area contributed by atoms with Gasteiger partial charge >= 0.3 is 6.18 Å². The predicted molar refractivity (Wildman–Crippen MR) is 54.3 cm³/mol. The van der Waals surface area contributed by atoms with Gasteiger partial charge in [0.15, 0.2) is 0 Å². The van der Waals surface area contributed by atoms with Crippen LogP contribution >= 0.6 is 0 Å². The summed E-state index contributed by atoms with van der Waals surface area (Å²) >= 11 is 0. The van der Waals surface area contributed by atoms with Crippen molar-refractivity contribution in [2.24, 2.45) is 0 Å². The van der Waals surface area contributed by atoms with E-state index in [4.69, 9.17) is 5.41 Å². The molecule has 0 amide bonds. The Bertz CT molecular complexity index is 461. The number of nitrogens with one attached hydrogen (secondary N) is 1. The van der Waals surface area contributed by atoms with Crippen LogP contribution in [-0.2, 0) is 5.41 Å². The van der Waals surface area contributed by atoms with Crippen molar-refractivity contribution >= 4 is 12.0 Å². The average Bonchev–Trinajstić information content (AvgIpc) is 3.08. The van der Waals surface area contributed by atoms with Gasteiger partial charge in [0.2, 0.25) is 5.78 Å². The normalized spacial score (nSPS) is 17.6. The van der Waals surface area contributed by atoms with Gasteiger partial charge in [-0.1, -0.05) is 0 Å². The van der Waals surface area contributed by atoms with Gasteiger partial charge in [0, 0.05) is 11.8 Å². The first kappa shape index (κ1) is 11.8. The lowest BCUT2D eigenvalue weighted by Gasteiger charge is -2.18. The molecule has 1 heterocycles. The standard InChI is InChI=1S/C11H9F3N2O/c12-11(13,14)10(3-4-10)9-2-1-7(6-16-9)8(17)5-15/h1-2,5-6,15H,3-4H2. The molecule has 6 heteroatoms. The first-order valence-corrected chi connectivity index (χ1v) is 4.99. The largest absolute Gasteiger partial charge is 0.399 e. The van der Waals surface area contributed by atoms with E-state index in [2.05, 4.69) is 4.98 Å². The molecule has 0 bridgehead atoms. The predicted octanol–water partition coefficient (Wildman–Crippen LogP) is 2.51. The van der Waals surface area contributed by atoms with E-state index < -0.39 is 17.4 Å². The summed E-state index contributed by atoms with van der Waals surface area (Å²) in [7, 11) is 0. The molecular weight excluding hydrogens is 233 g/mol. The van der Waals surface area contributed by atoms with Gasteiger partial charge in [-0.3, -0.25) is 9.78 Å². The molecule has 0 saturated heterocycles. The van der Waals surface area contributed by atoms with Gasteiger partial charge < -0.3 is 5.41 Å². The molecule has 1 aliphatic rings. The zero-order valence-corrected chi connectivity index (χ0v) is 8.71. The van der Waals surface area contributed by atoms with Crippen molar-refractivity contribution in [1.29, 1.82) is 5.41 Å². The number of hydrogen-bond acceptors (Lipinski definition) is 3. The number of ketones is 1. The Morgan fingerprint density at radius 1 is 1.41 bits per heavy atom. The van der Waals surface area contributed by atoms with E-state index in [-0.39, 0.29) is 24.1 Å². The van der Waals surface area contributed by atoms with Crippen molar-refractivity contribution in [2.75, 3.05) is 0 Å². The van der Waals surface area contributed by atoms with Gasteiger partial charge in [0.25, 0.3) is 0 Å². The summed E-state index contributed by atoms with van der Waals surface area (Å²) in [6.07, 6.45) is -2.52. The third kappa shape index (κ3) is 1.83. The zero-order valence-electron chi connectivity index (χ0n) is 8.71. The molecule has 3 nitrogen and oxygen atoms in total. The van der Waals surface area contributed by atoms with Crippen LogP contribution in [0.15, 0.2) is 18.3 Å². The molecule has 0 aliphatic heterocycles. The molecule has 0 atom stereocenters. The van der Waals surface area contributed by atoms with Gasteiger partial charge in [0.05, 0.1) is 11.9 Å². The second-order valence-electron chi connectivity index (χ2n) is 4.02. The van der Waals surface area contributed by atoms with E-state index in [1.54, 1.807) is 0 Å². The second kappa shape index (κ2) is 3.65. The number of Topliss-reactive ketones (excluding diaryl/α,β-unsaturated/α-hetero) is 1. The fraction of sp³-hybridized carbons (Fsp3) is 0.364. The molecule has 1 fully saturated rings. The molecule has 1 aromatic rings. The highest BCUT2D eigenvalue weighted by atomic mass is 19.4. The maximum Gasteiger partial charge on any atom is 0.399 e. The SMILES string of the molecule is N=CC(=O)c1ccc(C2(C(F)(F)F)CC2)nc1. The third-order valence-corrected chi connectivity index (χ3v) is 2.96. The molecule has 0 radical (unpaired) electrons. The maximum absolute atomic E-state index is 12.8. The summed E-state index contributed by atoms with van der Waals surface area (Å²) in [6, 6.07) is 2.50. The van der Waals surface area contributed by atoms with E-state index in [1.165, 1.54) is 12.1 Å². The molecule has 2 rings (SSSR count). The van der Waals surface area contributed by atoms with E-state index in [0.29, 0.717) is 6.21 Å². The van der Waals surface area contributed by atoms with Gasteiger partial charge in [0.1, 0.15) is 5.41 Å². The number of halogens is 3. The van der Waals surface area contributed by atoms with E-state index in [9.17, 15) is 18.0 Å². The van der Waals surface area contributed by atoms with Crippen LogP contribution in [0.2, 0.25) is 0 Å². The molecule has 17 heavy (non-hydrogen) atoms. The Labute approximate surface area is 95.2 Å². The molecule has 0 aromatic carbocycles. The number of carbonyl (C=O) groups is 1. The average molecular weight is 242 g/mol. The van der Waals surface area contributed by atoms with Gasteiger partial charge in [-0.15, -0.1) is 0 Å². The van der Waals surface area contributed by atoms with Gasteiger partial charge in [-0.25, -0.2) is 0 Å². The number of nitrogens with zero attached hydrogens (tertiary/aromatic N) is 1. The highest BCUT2D eigenvalue weighted by molar-refractivity contribution is 6.34. The van der Waals surface area contributed by atoms with Crippen LogP contribution in [0.1, 0.15) is 28.9 Å². The Hall–Kier alpha value is -1.72. The quantitative estimate of drug-likeness (QED) is 0.654. The smallest absolute Gasteiger partial charge is 0.305 e. The van der Waals surface area contributed by atoms with Crippen molar-refractivity contribution in [2.45, 2.75) is 24.4 Å². The number of aromatic nitrogens is 1. The minimum absolute atomic E-state index is 0.0430. The topological polar surface area (TPSA) is 53.8 Å². The maximum atomic E-state index is 12.8. The summed E-state index contributed by atoms with van der Waals surface area (Å²) in [5, 5.41) is 6.75. The summed E-state index contributed by atoms with van der Waals surface area (Å²) in [5.41, 5.74) is -1.74. The third-order valence-electron chi connectivity index (χ3n) is 2.96. The van der Waals surface area contributed by atoms with Crippen molar-refractivity contribution in [3.63, 3.8) is 0 Å². The molecule has 90 valence electrons. The minimum Gasteiger partial charge on any atom is -0.305 e. The molecular formula is C11H9F3N2O. The van der Waals surface area contributed by atoms with Crippen molar-refractivity contribution in [1.82, 2.24) is 4.98 Å². The van der Waals surface area contributed by atoms with E-state index in [0.717, 1.165) is 6.20 Å². The number of hydrogen-bond donors (Lipinski definition) is 1. The molecule has 0 unspecified atom stereocenters. The number of pyridine rings is 1. The van der Waals surface area contributed by atoms with Gasteiger partial charge in [-0.2, -0.15) is 13.2 Å². The van der Waals surface area contributed by atoms with Crippen molar-refractivity contribution in [3.8, 4) is 0 Å². The second-order valence-corrected chi connectivity index (χ2v) is 4.02. The summed E-state index contributed by atoms with van der Waals surface area (Å²) in [6.45, 7) is 0. The van der Waals surface area contributed by atoms with Crippen LogP contribution in [0.3, 0.4) is 0 Å². The van der Waals surface area contributed by atoms with Crippen LogP contribution in [0, 0.1) is 5.41 Å². The van der Waals surface area contributed by atoms with Gasteiger partial charge in [-0.05, 0) is 25.0 Å². The molecule has 1 aromatic heterocycles. The van der Waals surface area contributed by atoms with Crippen LogP contribution < -0.4 is 0 Å². The number of alkyl halides is 3. The molecule has 1 N–H and O–H groups in total. The monoisotopic (exact) mass is 242 g/mol. The lowest BCUT2D eigenvalue weighted by Crippen LogP contribution is -2.29. The molecule has 1 aliphatic carbocycles. The molecule has 1 saturated carbocycles. The van der Waals surface area contributed by atoms with Crippen molar-refractivity contribution < 1.29 is 18.0 Å². The first-order valence-electron chi connectivity index (χ1n) is 4.99. The number of rotatable bonds is 3. The summed E-state index contributed by atoms with van der Waals surface area (Å²) in [5.74, 6) is -0.569. The highest BCUT2D eigenvalue weighted by Crippen LogP contribution is 2.58. The van der Waals surface area contributed by atoms with Crippen LogP contribution in [-0.4, -0.2) is 23.2 Å². The summed E-state index contributed by atoms with van der Waals surface area (Å²) < 4.78 is 38.3. The summed E-state index contributed by atoms with van der Waals surface area (Å²) in [4.78, 5) is 14.8. The fourth-order valence-electron chi connectivity index (χ4n) is 1.72. The Kier molecular flexibility index (Phi) is 2.52. The number of carbonyl (C=O) groups excluding carboxylic acids is 1. The fourth-order valence-corrected chi connectivity index (χ4v) is 1.72. The Balaban J connectivity index is 2.31. The zero-order chi connectivity index (χ0) is 12.7.